The number of nitrogens with zero attached hydrogens (tertiary/aromatic N) is 2. The van der Waals surface area contributed by atoms with E-state index in [1.807, 2.05) is 24.0 Å². The van der Waals surface area contributed by atoms with E-state index in [1.165, 1.54) is 16.7 Å². The highest BCUT2D eigenvalue weighted by molar-refractivity contribution is 5.65. The molecule has 20 heavy (non-hydrogen) atoms. The summed E-state index contributed by atoms with van der Waals surface area (Å²) < 4.78 is 7.85. The summed E-state index contributed by atoms with van der Waals surface area (Å²) in [5.74, 6) is 0. The molecule has 104 valence electrons. The Morgan fingerprint density at radius 2 is 2.15 bits per heavy atom. The molecule has 3 nitrogen and oxygen atoms in total. The number of ether oxygens (including phenoxy) is 1. The van der Waals surface area contributed by atoms with E-state index in [9.17, 15) is 0 Å². The van der Waals surface area contributed by atoms with Gasteiger partial charge in [0.1, 0.15) is 0 Å². The summed E-state index contributed by atoms with van der Waals surface area (Å²) >= 11 is 0. The van der Waals surface area contributed by atoms with Gasteiger partial charge in [0.2, 0.25) is 0 Å². The molecule has 0 amide bonds. The number of aryl methyl sites for hydroxylation is 1. The molecule has 1 atom stereocenters. The lowest BCUT2D eigenvalue weighted by Gasteiger charge is -2.22. The lowest BCUT2D eigenvalue weighted by molar-refractivity contribution is 0.0360. The van der Waals surface area contributed by atoms with Crippen LogP contribution >= 0.6 is 0 Å². The molecule has 0 bridgehead atoms. The zero-order valence-electron chi connectivity index (χ0n) is 11.8. The van der Waals surface area contributed by atoms with E-state index < -0.39 is 0 Å². The first-order chi connectivity index (χ1) is 9.81. The first-order valence-electron chi connectivity index (χ1n) is 7.15. The molecule has 1 aliphatic rings. The second kappa shape index (κ2) is 6.06. The number of rotatable bonds is 4. The normalized spacial score (nSPS) is 18.9. The number of aromatic nitrogens is 2. The summed E-state index contributed by atoms with van der Waals surface area (Å²) in [7, 11) is 1.96. The number of hydrogen-bond acceptors (Lipinski definition) is 2. The van der Waals surface area contributed by atoms with Crippen LogP contribution in [0.25, 0.3) is 5.57 Å². The van der Waals surface area contributed by atoms with Crippen molar-refractivity contribution >= 4 is 5.57 Å². The van der Waals surface area contributed by atoms with Gasteiger partial charge in [-0.15, -0.1) is 0 Å². The van der Waals surface area contributed by atoms with Crippen molar-refractivity contribution in [1.82, 2.24) is 9.78 Å². The molecular weight excluding hydrogens is 248 g/mol. The molecule has 2 aromatic rings. The smallest absolute Gasteiger partial charge is 0.0720 e. The average molecular weight is 268 g/mol. The molecule has 0 aliphatic heterocycles. The molecule has 0 radical (unpaired) electrons. The fourth-order valence-corrected chi connectivity index (χ4v) is 2.60. The van der Waals surface area contributed by atoms with Gasteiger partial charge in [0.05, 0.1) is 18.9 Å². The molecule has 0 fully saturated rings. The highest BCUT2D eigenvalue weighted by Crippen LogP contribution is 2.28. The van der Waals surface area contributed by atoms with E-state index in [4.69, 9.17) is 4.74 Å². The van der Waals surface area contributed by atoms with Gasteiger partial charge in [0, 0.05) is 18.8 Å². The Labute approximate surface area is 119 Å². The topological polar surface area (TPSA) is 27.1 Å². The van der Waals surface area contributed by atoms with Crippen molar-refractivity contribution in [3.8, 4) is 0 Å². The first kappa shape index (κ1) is 13.1. The van der Waals surface area contributed by atoms with Gasteiger partial charge < -0.3 is 4.74 Å². The Morgan fingerprint density at radius 3 is 2.80 bits per heavy atom. The summed E-state index contributed by atoms with van der Waals surface area (Å²) in [5, 5.41) is 4.23. The van der Waals surface area contributed by atoms with Gasteiger partial charge in [-0.1, -0.05) is 36.4 Å². The highest BCUT2D eigenvalue weighted by atomic mass is 16.5. The SMILES string of the molecule is Cn1cc(C2=CCC(OCc3ccccc3)CC2)cn1. The van der Waals surface area contributed by atoms with E-state index >= 15 is 0 Å². The van der Waals surface area contributed by atoms with E-state index in [1.54, 1.807) is 0 Å². The number of benzene rings is 1. The number of hydrogen-bond donors (Lipinski definition) is 0. The molecule has 1 aromatic carbocycles. The zero-order valence-corrected chi connectivity index (χ0v) is 11.8. The largest absolute Gasteiger partial charge is 0.373 e. The van der Waals surface area contributed by atoms with Crippen molar-refractivity contribution in [1.29, 1.82) is 0 Å². The Kier molecular flexibility index (Phi) is 3.97. The highest BCUT2D eigenvalue weighted by Gasteiger charge is 2.16. The molecule has 1 heterocycles. The average Bonchev–Trinajstić information content (AvgIpc) is 2.93. The maximum Gasteiger partial charge on any atom is 0.0720 e. The maximum atomic E-state index is 5.99. The van der Waals surface area contributed by atoms with Crippen molar-refractivity contribution in [2.75, 3.05) is 0 Å². The summed E-state index contributed by atoms with van der Waals surface area (Å²) in [6, 6.07) is 10.4. The molecule has 3 heteroatoms. The molecule has 0 N–H and O–H groups in total. The second-order valence-electron chi connectivity index (χ2n) is 5.33. The first-order valence-corrected chi connectivity index (χ1v) is 7.15. The summed E-state index contributed by atoms with van der Waals surface area (Å²) in [6.45, 7) is 0.710. The molecule has 0 saturated carbocycles. The third-order valence-corrected chi connectivity index (χ3v) is 3.77. The minimum Gasteiger partial charge on any atom is -0.373 e. The zero-order chi connectivity index (χ0) is 13.8. The van der Waals surface area contributed by atoms with Gasteiger partial charge in [-0.05, 0) is 30.4 Å². The van der Waals surface area contributed by atoms with E-state index in [2.05, 4.69) is 41.6 Å². The minimum atomic E-state index is 0.343. The Bertz CT molecular complexity index is 586. The van der Waals surface area contributed by atoms with Crippen molar-refractivity contribution in [2.45, 2.75) is 32.0 Å². The molecular formula is C17H20N2O. The van der Waals surface area contributed by atoms with Crippen LogP contribution in [0, 0.1) is 0 Å². The van der Waals surface area contributed by atoms with Gasteiger partial charge in [-0.2, -0.15) is 5.10 Å². The Morgan fingerprint density at radius 1 is 1.30 bits per heavy atom. The molecule has 1 unspecified atom stereocenters. The lowest BCUT2D eigenvalue weighted by atomic mass is 9.93. The van der Waals surface area contributed by atoms with Crippen LogP contribution in [-0.2, 0) is 18.4 Å². The Hall–Kier alpha value is -1.87. The van der Waals surface area contributed by atoms with Crippen LogP contribution in [-0.4, -0.2) is 15.9 Å². The fraction of sp³-hybridized carbons (Fsp3) is 0.353. The third-order valence-electron chi connectivity index (χ3n) is 3.77. The fourth-order valence-electron chi connectivity index (χ4n) is 2.60. The standard InChI is InChI=1S/C17H20N2O/c1-19-12-16(11-18-19)15-7-9-17(10-8-15)20-13-14-5-3-2-4-6-14/h2-7,11-12,17H,8-10,13H2,1H3. The van der Waals surface area contributed by atoms with Crippen molar-refractivity contribution in [3.05, 3.63) is 59.9 Å². The molecule has 1 aliphatic carbocycles. The lowest BCUT2D eigenvalue weighted by Crippen LogP contribution is -2.15. The van der Waals surface area contributed by atoms with Gasteiger partial charge in [0.15, 0.2) is 0 Å². The van der Waals surface area contributed by atoms with Crippen LogP contribution in [0.4, 0.5) is 0 Å². The Balaban J connectivity index is 1.54. The van der Waals surface area contributed by atoms with Crippen molar-refractivity contribution < 1.29 is 4.74 Å². The number of allylic oxidation sites excluding steroid dienone is 1. The summed E-state index contributed by atoms with van der Waals surface area (Å²) in [5.41, 5.74) is 3.89. The molecule has 1 aromatic heterocycles. The monoisotopic (exact) mass is 268 g/mol. The van der Waals surface area contributed by atoms with Crippen LogP contribution in [0.5, 0.6) is 0 Å². The second-order valence-corrected chi connectivity index (χ2v) is 5.33. The van der Waals surface area contributed by atoms with Crippen LogP contribution < -0.4 is 0 Å². The van der Waals surface area contributed by atoms with E-state index in [-0.39, 0.29) is 0 Å². The van der Waals surface area contributed by atoms with Crippen molar-refractivity contribution in [2.24, 2.45) is 7.05 Å². The van der Waals surface area contributed by atoms with Gasteiger partial charge in [-0.25, -0.2) is 0 Å². The quantitative estimate of drug-likeness (QED) is 0.847. The van der Waals surface area contributed by atoms with Crippen LogP contribution in [0.2, 0.25) is 0 Å². The predicted molar refractivity (Wildman–Crippen MR) is 80.1 cm³/mol. The van der Waals surface area contributed by atoms with Crippen molar-refractivity contribution in [3.63, 3.8) is 0 Å². The minimum absolute atomic E-state index is 0.343. The van der Waals surface area contributed by atoms with E-state index in [0.29, 0.717) is 12.7 Å². The maximum absolute atomic E-state index is 5.99. The predicted octanol–water partition coefficient (Wildman–Crippen LogP) is 3.57. The molecule has 0 saturated heterocycles. The van der Waals surface area contributed by atoms with Crippen LogP contribution in [0.3, 0.4) is 0 Å². The van der Waals surface area contributed by atoms with Gasteiger partial charge >= 0.3 is 0 Å². The van der Waals surface area contributed by atoms with Gasteiger partial charge in [0.25, 0.3) is 0 Å². The van der Waals surface area contributed by atoms with Gasteiger partial charge in [-0.3, -0.25) is 4.68 Å². The summed E-state index contributed by atoms with van der Waals surface area (Å²) in [4.78, 5) is 0. The third kappa shape index (κ3) is 3.17. The van der Waals surface area contributed by atoms with Crippen LogP contribution in [0.1, 0.15) is 30.4 Å². The van der Waals surface area contributed by atoms with E-state index in [0.717, 1.165) is 19.3 Å². The molecule has 3 rings (SSSR count). The van der Waals surface area contributed by atoms with Crippen LogP contribution in [0.15, 0.2) is 48.8 Å². The molecule has 0 spiro atoms. The summed E-state index contributed by atoms with van der Waals surface area (Å²) in [6.07, 6.45) is 9.83.